The van der Waals surface area contributed by atoms with Crippen molar-refractivity contribution < 1.29 is 4.39 Å². The predicted octanol–water partition coefficient (Wildman–Crippen LogP) is 3.14. The van der Waals surface area contributed by atoms with Gasteiger partial charge in [-0.25, -0.2) is 4.39 Å². The topological polar surface area (TPSA) is 29.3 Å². The lowest BCUT2D eigenvalue weighted by molar-refractivity contribution is 0.633. The normalized spacial score (nSPS) is 10.3. The summed E-state index contributed by atoms with van der Waals surface area (Å²) in [6.07, 6.45) is 0. The van der Waals surface area contributed by atoms with Crippen molar-refractivity contribution in [2.24, 2.45) is 0 Å². The van der Waals surface area contributed by atoms with Gasteiger partial charge in [-0.15, -0.1) is 0 Å². The zero-order valence-corrected chi connectivity index (χ0v) is 9.94. The summed E-state index contributed by atoms with van der Waals surface area (Å²) < 4.78 is 13.3. The molecule has 0 saturated carbocycles. The van der Waals surface area contributed by atoms with E-state index in [4.69, 9.17) is 5.73 Å². The number of nitrogen functional groups attached to an aromatic ring is 1. The van der Waals surface area contributed by atoms with Gasteiger partial charge >= 0.3 is 0 Å². The van der Waals surface area contributed by atoms with Crippen molar-refractivity contribution in [3.05, 3.63) is 48.3 Å². The average Bonchev–Trinajstić information content (AvgIpc) is 2.33. The van der Waals surface area contributed by atoms with Gasteiger partial charge in [0.05, 0.1) is 5.69 Å². The van der Waals surface area contributed by atoms with Gasteiger partial charge in [-0.2, -0.15) is 0 Å². The third-order valence-electron chi connectivity index (χ3n) is 2.75. The van der Waals surface area contributed by atoms with E-state index in [0.717, 1.165) is 16.8 Å². The number of halogens is 1. The summed E-state index contributed by atoms with van der Waals surface area (Å²) in [4.78, 5) is 2.01. The molecule has 0 aliphatic carbocycles. The van der Waals surface area contributed by atoms with E-state index in [9.17, 15) is 4.39 Å². The van der Waals surface area contributed by atoms with Crippen LogP contribution in [0.3, 0.4) is 0 Å². The Bertz CT molecular complexity index is 518. The maximum atomic E-state index is 13.3. The fourth-order valence-corrected chi connectivity index (χ4v) is 1.73. The van der Waals surface area contributed by atoms with Crippen LogP contribution in [-0.2, 0) is 0 Å². The van der Waals surface area contributed by atoms with Crippen LogP contribution in [0.4, 0.5) is 15.8 Å². The molecule has 2 rings (SSSR count). The fraction of sp³-hybridized carbons (Fsp3) is 0.143. The van der Waals surface area contributed by atoms with Crippen LogP contribution in [0.5, 0.6) is 0 Å². The largest absolute Gasteiger partial charge is 0.396 e. The summed E-state index contributed by atoms with van der Waals surface area (Å²) in [6, 6.07) is 12.7. The first kappa shape index (κ1) is 11.5. The molecular weight excluding hydrogens is 215 g/mol. The first-order valence-corrected chi connectivity index (χ1v) is 5.41. The molecule has 2 aromatic carbocycles. The van der Waals surface area contributed by atoms with Crippen LogP contribution in [0, 0.1) is 5.82 Å². The van der Waals surface area contributed by atoms with E-state index in [1.807, 2.05) is 49.3 Å². The van der Waals surface area contributed by atoms with E-state index in [2.05, 4.69) is 0 Å². The van der Waals surface area contributed by atoms with Crippen LogP contribution >= 0.6 is 0 Å². The quantitative estimate of drug-likeness (QED) is 0.803. The van der Waals surface area contributed by atoms with Crippen molar-refractivity contribution in [1.29, 1.82) is 0 Å². The number of hydrogen-bond acceptors (Lipinski definition) is 2. The second-order valence-electron chi connectivity index (χ2n) is 4.14. The maximum Gasteiger partial charge on any atom is 0.146 e. The Kier molecular flexibility index (Phi) is 3.00. The predicted molar refractivity (Wildman–Crippen MR) is 70.6 cm³/mol. The third kappa shape index (κ3) is 2.23. The summed E-state index contributed by atoms with van der Waals surface area (Å²) in [6.45, 7) is 0. The standard InChI is InChI=1S/C14H15FN2/c1-17(2)11-8-6-10(7-9-11)12-4-3-5-13(15)14(12)16/h3-9H,16H2,1-2H3. The Morgan fingerprint density at radius 3 is 2.24 bits per heavy atom. The minimum atomic E-state index is -0.376. The molecule has 0 radical (unpaired) electrons. The van der Waals surface area contributed by atoms with Crippen LogP contribution in [-0.4, -0.2) is 14.1 Å². The lowest BCUT2D eigenvalue weighted by Crippen LogP contribution is -2.07. The molecule has 3 heteroatoms. The van der Waals surface area contributed by atoms with Crippen molar-refractivity contribution in [2.75, 3.05) is 24.7 Å². The molecule has 2 N–H and O–H groups in total. The second-order valence-corrected chi connectivity index (χ2v) is 4.14. The maximum absolute atomic E-state index is 13.3. The van der Waals surface area contributed by atoms with Gasteiger partial charge in [0.2, 0.25) is 0 Å². The van der Waals surface area contributed by atoms with Crippen LogP contribution < -0.4 is 10.6 Å². The molecule has 0 amide bonds. The molecule has 17 heavy (non-hydrogen) atoms. The summed E-state index contributed by atoms with van der Waals surface area (Å²) in [5, 5.41) is 0. The minimum Gasteiger partial charge on any atom is -0.396 e. The van der Waals surface area contributed by atoms with Gasteiger partial charge in [0.25, 0.3) is 0 Å². The smallest absolute Gasteiger partial charge is 0.146 e. The summed E-state index contributed by atoms with van der Waals surface area (Å²) in [5.74, 6) is -0.376. The Morgan fingerprint density at radius 2 is 1.65 bits per heavy atom. The summed E-state index contributed by atoms with van der Waals surface area (Å²) in [7, 11) is 3.96. The van der Waals surface area contributed by atoms with Crippen LogP contribution in [0.1, 0.15) is 0 Å². The van der Waals surface area contributed by atoms with Crippen LogP contribution in [0.25, 0.3) is 11.1 Å². The van der Waals surface area contributed by atoms with Gasteiger partial charge in [0, 0.05) is 25.3 Å². The number of hydrogen-bond donors (Lipinski definition) is 1. The summed E-state index contributed by atoms with van der Waals surface area (Å²) >= 11 is 0. The number of rotatable bonds is 2. The van der Waals surface area contributed by atoms with Crippen molar-refractivity contribution in [3.8, 4) is 11.1 Å². The van der Waals surface area contributed by atoms with Crippen molar-refractivity contribution >= 4 is 11.4 Å². The third-order valence-corrected chi connectivity index (χ3v) is 2.75. The van der Waals surface area contributed by atoms with Crippen molar-refractivity contribution in [2.45, 2.75) is 0 Å². The van der Waals surface area contributed by atoms with Crippen LogP contribution in [0.15, 0.2) is 42.5 Å². The first-order valence-electron chi connectivity index (χ1n) is 5.41. The van der Waals surface area contributed by atoms with E-state index in [0.29, 0.717) is 0 Å². The Balaban J connectivity index is 2.43. The highest BCUT2D eigenvalue weighted by Gasteiger charge is 2.06. The molecule has 0 bridgehead atoms. The van der Waals surface area contributed by atoms with E-state index in [1.54, 1.807) is 6.07 Å². The molecule has 2 aromatic rings. The SMILES string of the molecule is CN(C)c1ccc(-c2cccc(F)c2N)cc1. The fourth-order valence-electron chi connectivity index (χ4n) is 1.73. The number of nitrogens with two attached hydrogens (primary N) is 1. The zero-order chi connectivity index (χ0) is 12.4. The lowest BCUT2D eigenvalue weighted by atomic mass is 10.0. The number of benzene rings is 2. The first-order chi connectivity index (χ1) is 8.09. The molecule has 88 valence electrons. The molecule has 2 nitrogen and oxygen atoms in total. The van der Waals surface area contributed by atoms with Gasteiger partial charge in [-0.3, -0.25) is 0 Å². The van der Waals surface area contributed by atoms with E-state index in [1.165, 1.54) is 6.07 Å². The highest BCUT2D eigenvalue weighted by molar-refractivity contribution is 5.77. The van der Waals surface area contributed by atoms with E-state index < -0.39 is 0 Å². The van der Waals surface area contributed by atoms with E-state index in [-0.39, 0.29) is 11.5 Å². The lowest BCUT2D eigenvalue weighted by Gasteiger charge is -2.13. The van der Waals surface area contributed by atoms with Crippen molar-refractivity contribution in [3.63, 3.8) is 0 Å². The van der Waals surface area contributed by atoms with E-state index >= 15 is 0 Å². The molecule has 0 aromatic heterocycles. The molecule has 0 aliphatic rings. The number of para-hydroxylation sites is 1. The molecule has 0 saturated heterocycles. The average molecular weight is 230 g/mol. The Hall–Kier alpha value is -2.03. The van der Waals surface area contributed by atoms with Gasteiger partial charge in [0.1, 0.15) is 5.82 Å². The van der Waals surface area contributed by atoms with Gasteiger partial charge in [-0.1, -0.05) is 24.3 Å². The highest BCUT2D eigenvalue weighted by atomic mass is 19.1. The Morgan fingerprint density at radius 1 is 1.00 bits per heavy atom. The molecule has 0 unspecified atom stereocenters. The van der Waals surface area contributed by atoms with Gasteiger partial charge in [-0.05, 0) is 23.8 Å². The molecule has 0 spiro atoms. The highest BCUT2D eigenvalue weighted by Crippen LogP contribution is 2.28. The second kappa shape index (κ2) is 4.45. The Labute approximate surface area is 100 Å². The minimum absolute atomic E-state index is 0.199. The zero-order valence-electron chi connectivity index (χ0n) is 9.94. The van der Waals surface area contributed by atoms with Crippen molar-refractivity contribution in [1.82, 2.24) is 0 Å². The molecule has 0 aliphatic heterocycles. The van der Waals surface area contributed by atoms with Crippen LogP contribution in [0.2, 0.25) is 0 Å². The molecular formula is C14H15FN2. The number of anilines is 2. The molecule has 0 atom stereocenters. The van der Waals surface area contributed by atoms with Gasteiger partial charge < -0.3 is 10.6 Å². The van der Waals surface area contributed by atoms with Gasteiger partial charge in [0.15, 0.2) is 0 Å². The monoisotopic (exact) mass is 230 g/mol. The molecule has 0 heterocycles. The summed E-state index contributed by atoms with van der Waals surface area (Å²) in [5.41, 5.74) is 8.68. The number of nitrogens with zero attached hydrogens (tertiary/aromatic N) is 1. The molecule has 0 fully saturated rings.